The third kappa shape index (κ3) is 6.71. The molecule has 0 radical (unpaired) electrons. The summed E-state index contributed by atoms with van der Waals surface area (Å²) in [6.45, 7) is -1.04. The van der Waals surface area contributed by atoms with Crippen molar-refractivity contribution in [2.45, 2.75) is 24.5 Å². The lowest BCUT2D eigenvalue weighted by Gasteiger charge is -2.19. The largest absolute Gasteiger partial charge is 0.490 e. The predicted molar refractivity (Wildman–Crippen MR) is 89.1 cm³/mol. The molecule has 2 heterocycles. The first kappa shape index (κ1) is 25.2. The quantitative estimate of drug-likeness (QED) is 0.136. The van der Waals surface area contributed by atoms with Gasteiger partial charge in [0.25, 0.3) is 0 Å². The van der Waals surface area contributed by atoms with E-state index < -0.39 is 60.3 Å². The Bertz CT molecular complexity index is 962. The van der Waals surface area contributed by atoms with Crippen LogP contribution in [0.25, 0.3) is 0 Å². The minimum Gasteiger partial charge on any atom is -0.391 e. The Morgan fingerprint density at radius 2 is 1.73 bits per heavy atom. The number of aliphatic hydroxyl groups is 2. The third-order valence-corrected chi connectivity index (χ3v) is 7.16. The molecule has 1 saturated heterocycles. The van der Waals surface area contributed by atoms with Gasteiger partial charge in [0.1, 0.15) is 18.3 Å². The first-order valence-corrected chi connectivity index (χ1v) is 11.9. The highest BCUT2D eigenvalue weighted by Crippen LogP contribution is 2.66. The normalized spacial score (nSPS) is 28.6. The molecule has 21 heteroatoms. The lowest BCUT2D eigenvalue weighted by Crippen LogP contribution is -2.36. The van der Waals surface area contributed by atoms with Gasteiger partial charge in [0.15, 0.2) is 6.23 Å². The molecule has 0 aromatic carbocycles. The van der Waals surface area contributed by atoms with Crippen molar-refractivity contribution in [2.75, 3.05) is 6.61 Å². The van der Waals surface area contributed by atoms with E-state index in [-0.39, 0.29) is 5.88 Å². The second kappa shape index (κ2) is 9.20. The summed E-state index contributed by atoms with van der Waals surface area (Å²) in [7, 11) is -16.8. The summed E-state index contributed by atoms with van der Waals surface area (Å²) in [4.78, 5) is 54.9. The summed E-state index contributed by atoms with van der Waals surface area (Å²) in [5.41, 5.74) is -0.997. The smallest absolute Gasteiger partial charge is 0.391 e. The van der Waals surface area contributed by atoms with Crippen molar-refractivity contribution in [3.05, 3.63) is 22.7 Å². The average molecular weight is 499 g/mol. The lowest BCUT2D eigenvalue weighted by atomic mass is 10.1. The van der Waals surface area contributed by atoms with Crippen molar-refractivity contribution in [1.82, 2.24) is 9.55 Å². The zero-order chi connectivity index (χ0) is 22.9. The van der Waals surface area contributed by atoms with Crippen molar-refractivity contribution in [2.24, 2.45) is 5.90 Å². The highest BCUT2D eigenvalue weighted by molar-refractivity contribution is 7.66. The van der Waals surface area contributed by atoms with E-state index in [1.807, 2.05) is 0 Å². The van der Waals surface area contributed by atoms with Crippen LogP contribution in [0.2, 0.25) is 0 Å². The summed E-state index contributed by atoms with van der Waals surface area (Å²) in [5, 5.41) is 20.0. The van der Waals surface area contributed by atoms with Crippen molar-refractivity contribution >= 4 is 23.5 Å². The van der Waals surface area contributed by atoms with Gasteiger partial charge < -0.3 is 39.4 Å². The highest BCUT2D eigenvalue weighted by atomic mass is 31.3. The van der Waals surface area contributed by atoms with E-state index in [2.05, 4.69) is 23.0 Å². The fraction of sp³-hybridized carbons (Fsp3) is 0.556. The minimum absolute atomic E-state index is 0.256. The molecular formula is C9H16N3O15P3. The Morgan fingerprint density at radius 3 is 2.27 bits per heavy atom. The first-order chi connectivity index (χ1) is 13.6. The highest BCUT2D eigenvalue weighted by Gasteiger charge is 2.46. The van der Waals surface area contributed by atoms with E-state index in [0.717, 1.165) is 16.8 Å². The van der Waals surface area contributed by atoms with Gasteiger partial charge in [-0.05, 0) is 0 Å². The molecule has 0 amide bonds. The number of aromatic nitrogens is 2. The summed E-state index contributed by atoms with van der Waals surface area (Å²) >= 11 is 0. The monoisotopic (exact) mass is 499 g/mol. The number of phosphoric ester groups is 1. The molecule has 1 fully saturated rings. The van der Waals surface area contributed by atoms with E-state index >= 15 is 0 Å². The fourth-order valence-electron chi connectivity index (χ4n) is 2.22. The second-order valence-corrected chi connectivity index (χ2v) is 9.93. The zero-order valence-corrected chi connectivity index (χ0v) is 17.0. The van der Waals surface area contributed by atoms with Crippen LogP contribution in [0, 0.1) is 0 Å². The molecule has 8 N–H and O–H groups in total. The Labute approximate surface area is 165 Å². The molecule has 1 aliphatic rings. The van der Waals surface area contributed by atoms with Crippen LogP contribution in [0.5, 0.6) is 5.88 Å². The maximum atomic E-state index is 11.9. The molecule has 1 aromatic rings. The van der Waals surface area contributed by atoms with E-state index in [1.165, 1.54) is 0 Å². The number of phosphoric acid groups is 3. The van der Waals surface area contributed by atoms with Crippen LogP contribution in [-0.2, 0) is 31.6 Å². The predicted octanol–water partition coefficient (Wildman–Crippen LogP) is -2.54. The Hall–Kier alpha value is -1.07. The standard InChI is InChI=1S/C9H16N3O15P3/c10-25-5-1-2-12(9(15)11-5)8-7(14)6(13)4(24-8)3-23-29(19,20)27-30(21,22)26-28(16,17)18/h1-2,4,6-8,13-14H,3,10H2,(H,19,20)(H,21,22)(H2,16,17,18). The summed E-state index contributed by atoms with van der Waals surface area (Å²) < 4.78 is 50.8. The topological polar surface area (TPSA) is 280 Å². The van der Waals surface area contributed by atoms with Crippen LogP contribution in [-0.4, -0.2) is 64.3 Å². The summed E-state index contributed by atoms with van der Waals surface area (Å²) in [6.07, 6.45) is -5.56. The van der Waals surface area contributed by atoms with Crippen molar-refractivity contribution in [3.63, 3.8) is 0 Å². The molecule has 2 rings (SSSR count). The molecule has 6 unspecified atom stereocenters. The molecule has 6 atom stereocenters. The van der Waals surface area contributed by atoms with Crippen molar-refractivity contribution < 1.29 is 66.2 Å². The van der Waals surface area contributed by atoms with E-state index in [9.17, 15) is 33.6 Å². The molecule has 0 saturated carbocycles. The Morgan fingerprint density at radius 1 is 1.10 bits per heavy atom. The molecule has 18 nitrogen and oxygen atoms in total. The van der Waals surface area contributed by atoms with Gasteiger partial charge in [-0.25, -0.2) is 18.5 Å². The summed E-state index contributed by atoms with van der Waals surface area (Å²) in [5.74, 6) is 4.60. The first-order valence-electron chi connectivity index (χ1n) is 7.40. The van der Waals surface area contributed by atoms with Gasteiger partial charge in [0, 0.05) is 12.3 Å². The van der Waals surface area contributed by atoms with Crippen LogP contribution < -0.4 is 16.4 Å². The molecule has 172 valence electrons. The van der Waals surface area contributed by atoms with Crippen LogP contribution in [0.4, 0.5) is 0 Å². The van der Waals surface area contributed by atoms with Crippen LogP contribution in [0.3, 0.4) is 0 Å². The molecule has 1 aliphatic heterocycles. The number of aliphatic hydroxyl groups excluding tert-OH is 2. The maximum absolute atomic E-state index is 11.9. The van der Waals surface area contributed by atoms with Gasteiger partial charge in [-0.3, -0.25) is 9.09 Å². The van der Waals surface area contributed by atoms with Crippen molar-refractivity contribution in [1.29, 1.82) is 0 Å². The van der Waals surface area contributed by atoms with Gasteiger partial charge in [0.2, 0.25) is 5.88 Å². The fourth-order valence-corrected chi connectivity index (χ4v) is 5.25. The summed E-state index contributed by atoms with van der Waals surface area (Å²) in [6, 6.07) is 1.13. The molecule has 0 aliphatic carbocycles. The molecule has 0 spiro atoms. The molecule has 30 heavy (non-hydrogen) atoms. The number of nitrogens with two attached hydrogens (primary N) is 1. The molecule has 1 aromatic heterocycles. The zero-order valence-electron chi connectivity index (χ0n) is 14.3. The van der Waals surface area contributed by atoms with Gasteiger partial charge in [0.05, 0.1) is 6.61 Å². The van der Waals surface area contributed by atoms with Crippen LogP contribution in [0.1, 0.15) is 6.23 Å². The van der Waals surface area contributed by atoms with Crippen molar-refractivity contribution in [3.8, 4) is 5.88 Å². The minimum atomic E-state index is -5.73. The van der Waals surface area contributed by atoms with Gasteiger partial charge in [-0.1, -0.05) is 0 Å². The Balaban J connectivity index is 2.06. The van der Waals surface area contributed by atoms with E-state index in [1.54, 1.807) is 0 Å². The molecular weight excluding hydrogens is 483 g/mol. The van der Waals surface area contributed by atoms with E-state index in [4.69, 9.17) is 25.3 Å². The third-order valence-electron chi connectivity index (χ3n) is 3.35. The van der Waals surface area contributed by atoms with Crippen LogP contribution >= 0.6 is 23.5 Å². The number of nitrogens with zero attached hydrogens (tertiary/aromatic N) is 2. The lowest BCUT2D eigenvalue weighted by molar-refractivity contribution is -0.0543. The average Bonchev–Trinajstić information content (AvgIpc) is 2.85. The van der Waals surface area contributed by atoms with Gasteiger partial charge in [-0.2, -0.15) is 19.5 Å². The SMILES string of the molecule is NOc1ccn(C2OC(COP(=O)(O)OP(=O)(O)OP(=O)(O)O)C(O)C2O)c(=O)n1. The second-order valence-electron chi connectivity index (χ2n) is 5.51. The maximum Gasteiger partial charge on any atom is 0.490 e. The van der Waals surface area contributed by atoms with Gasteiger partial charge in [-0.15, -0.1) is 0 Å². The number of ether oxygens (including phenoxy) is 1. The molecule has 0 bridgehead atoms. The van der Waals surface area contributed by atoms with E-state index in [0.29, 0.717) is 0 Å². The number of rotatable bonds is 9. The Kier molecular flexibility index (Phi) is 7.72. The van der Waals surface area contributed by atoms with Crippen LogP contribution in [0.15, 0.2) is 17.1 Å². The number of hydrogen-bond acceptors (Lipinski definition) is 13. The number of hydrogen-bond donors (Lipinski definition) is 7. The van der Waals surface area contributed by atoms with Gasteiger partial charge >= 0.3 is 29.2 Å².